The molecular weight excluding hydrogens is 392 g/mol. The zero-order valence-corrected chi connectivity index (χ0v) is 15.4. The molecule has 0 aliphatic carbocycles. The van der Waals surface area contributed by atoms with Crippen LogP contribution in [0.4, 0.5) is 5.69 Å². The molecule has 0 saturated carbocycles. The largest absolute Gasteiger partial charge is 0.330 e. The number of hydrogen-bond acceptors (Lipinski definition) is 7. The number of carbonyl (C=O) groups is 2. The molecule has 3 heterocycles. The Bertz CT molecular complexity index is 1300. The number of benzene rings is 1. The van der Waals surface area contributed by atoms with Crippen LogP contribution in [0, 0.1) is 11.3 Å². The highest BCUT2D eigenvalue weighted by molar-refractivity contribution is 6.39. The number of H-pyrrole nitrogens is 1. The van der Waals surface area contributed by atoms with Crippen molar-refractivity contribution in [1.29, 1.82) is 5.26 Å². The average Bonchev–Trinajstić information content (AvgIpc) is 3.25. The lowest BCUT2D eigenvalue weighted by Gasteiger charge is -2.27. The van der Waals surface area contributed by atoms with Gasteiger partial charge in [0.25, 0.3) is 0 Å². The van der Waals surface area contributed by atoms with Gasteiger partial charge in [0.15, 0.2) is 5.82 Å². The number of amides is 2. The van der Waals surface area contributed by atoms with Gasteiger partial charge in [-0.25, -0.2) is 9.78 Å². The summed E-state index contributed by atoms with van der Waals surface area (Å²) in [5, 5.41) is 21.3. The molecule has 12 nitrogen and oxygen atoms in total. The molecule has 2 amide bonds. The first-order valence-corrected chi connectivity index (χ1v) is 8.80. The molecule has 2 N–H and O–H groups in total. The van der Waals surface area contributed by atoms with E-state index in [1.54, 1.807) is 30.5 Å². The molecule has 30 heavy (non-hydrogen) atoms. The molecule has 0 unspecified atom stereocenters. The predicted octanol–water partition coefficient (Wildman–Crippen LogP) is -1.03. The summed E-state index contributed by atoms with van der Waals surface area (Å²) in [5.74, 6) is -1.42. The molecule has 0 radical (unpaired) electrons. The Morgan fingerprint density at radius 1 is 1.17 bits per heavy atom. The van der Waals surface area contributed by atoms with E-state index in [4.69, 9.17) is 5.26 Å². The second-order valence-electron chi connectivity index (χ2n) is 6.44. The number of nitriles is 1. The highest BCUT2D eigenvalue weighted by Gasteiger charge is 2.27. The van der Waals surface area contributed by atoms with Crippen LogP contribution >= 0.6 is 0 Å². The Morgan fingerprint density at radius 2 is 1.93 bits per heavy atom. The monoisotopic (exact) mass is 406 g/mol. The molecule has 0 bridgehead atoms. The lowest BCUT2D eigenvalue weighted by atomic mass is 10.2. The van der Waals surface area contributed by atoms with Crippen molar-refractivity contribution in [3.05, 3.63) is 68.8 Å². The van der Waals surface area contributed by atoms with E-state index < -0.39 is 22.9 Å². The van der Waals surface area contributed by atoms with E-state index in [1.807, 2.05) is 6.07 Å². The summed E-state index contributed by atoms with van der Waals surface area (Å²) < 4.78 is 2.70. The summed E-state index contributed by atoms with van der Waals surface area (Å²) in [7, 11) is 0. The summed E-state index contributed by atoms with van der Waals surface area (Å²) in [6, 6.07) is 8.55. The zero-order valence-electron chi connectivity index (χ0n) is 15.4. The maximum Gasteiger partial charge on any atom is 0.330 e. The molecule has 4 rings (SSSR count). The number of nitrogens with zero attached hydrogens (tertiary/aromatic N) is 6. The molecule has 150 valence electrons. The summed E-state index contributed by atoms with van der Waals surface area (Å²) in [6.45, 7) is 0.106. The molecule has 0 saturated heterocycles. The molecule has 1 aromatic carbocycles. The van der Waals surface area contributed by atoms with Crippen molar-refractivity contribution in [3.63, 3.8) is 0 Å². The predicted molar refractivity (Wildman–Crippen MR) is 101 cm³/mol. The van der Waals surface area contributed by atoms with Gasteiger partial charge in [0.1, 0.15) is 6.07 Å². The minimum atomic E-state index is -0.839. The highest BCUT2D eigenvalue weighted by Crippen LogP contribution is 2.14. The molecular formula is C18H14N8O4. The van der Waals surface area contributed by atoms with Crippen LogP contribution < -0.4 is 16.4 Å². The van der Waals surface area contributed by atoms with E-state index in [0.29, 0.717) is 16.9 Å². The molecule has 1 aliphatic heterocycles. The second-order valence-corrected chi connectivity index (χ2v) is 6.44. The van der Waals surface area contributed by atoms with E-state index in [9.17, 15) is 19.2 Å². The maximum atomic E-state index is 12.5. The average molecular weight is 406 g/mol. The van der Waals surface area contributed by atoms with Crippen molar-refractivity contribution in [1.82, 2.24) is 29.4 Å². The van der Waals surface area contributed by atoms with Crippen LogP contribution in [-0.2, 0) is 22.7 Å². The van der Waals surface area contributed by atoms with Gasteiger partial charge in [-0.1, -0.05) is 0 Å². The first-order valence-electron chi connectivity index (χ1n) is 8.80. The van der Waals surface area contributed by atoms with Gasteiger partial charge in [0, 0.05) is 25.0 Å². The van der Waals surface area contributed by atoms with Crippen LogP contribution in [0.5, 0.6) is 0 Å². The van der Waals surface area contributed by atoms with Crippen LogP contribution in [0.3, 0.4) is 0 Å². The van der Waals surface area contributed by atoms with Gasteiger partial charge in [-0.3, -0.25) is 23.7 Å². The van der Waals surface area contributed by atoms with Crippen LogP contribution in [0.2, 0.25) is 0 Å². The fraction of sp³-hybridized carbons (Fsp3) is 0.167. The van der Waals surface area contributed by atoms with Gasteiger partial charge in [0.05, 0.1) is 24.0 Å². The fourth-order valence-electron chi connectivity index (χ4n) is 3.01. The molecule has 12 heteroatoms. The standard InChI is InChI=1S/C18H14N8O4/c19-7-11-8-20-26(9-11)13-3-1-12(2-4-13)21-15(27)17(29)24-5-6-25-14(10-24)22-23-16(28)18(25)30/h1-4,8-9H,5-6,10H2,(H,21,27)(H,23,28). The first-order chi connectivity index (χ1) is 14.5. The molecule has 1 aliphatic rings. The zero-order chi connectivity index (χ0) is 21.3. The van der Waals surface area contributed by atoms with Crippen molar-refractivity contribution < 1.29 is 9.59 Å². The van der Waals surface area contributed by atoms with Crippen LogP contribution in [-0.4, -0.2) is 47.8 Å². The first kappa shape index (κ1) is 18.8. The molecule has 3 aromatic rings. The van der Waals surface area contributed by atoms with Crippen molar-refractivity contribution in [2.45, 2.75) is 13.1 Å². The van der Waals surface area contributed by atoms with Gasteiger partial charge in [0.2, 0.25) is 0 Å². The summed E-state index contributed by atoms with van der Waals surface area (Å²) in [5.41, 5.74) is -0.0730. The topological polar surface area (TPSA) is 159 Å². The van der Waals surface area contributed by atoms with E-state index >= 15 is 0 Å². The Hall–Kier alpha value is -4.53. The summed E-state index contributed by atoms with van der Waals surface area (Å²) in [6.07, 6.45) is 3.00. The third-order valence-electron chi connectivity index (χ3n) is 4.55. The second kappa shape index (κ2) is 7.47. The van der Waals surface area contributed by atoms with Gasteiger partial charge in [-0.05, 0) is 24.3 Å². The fourth-order valence-corrected chi connectivity index (χ4v) is 3.01. The number of aromatic amines is 1. The number of hydrogen-bond donors (Lipinski definition) is 2. The van der Waals surface area contributed by atoms with E-state index in [2.05, 4.69) is 20.6 Å². The molecule has 0 spiro atoms. The minimum Gasteiger partial charge on any atom is -0.325 e. The Labute approximate surface area is 168 Å². The van der Waals surface area contributed by atoms with Crippen LogP contribution in [0.15, 0.2) is 46.2 Å². The van der Waals surface area contributed by atoms with Crippen LogP contribution in [0.25, 0.3) is 5.69 Å². The quantitative estimate of drug-likeness (QED) is 0.515. The normalized spacial score (nSPS) is 12.7. The third-order valence-corrected chi connectivity index (χ3v) is 4.55. The number of carbonyl (C=O) groups excluding carboxylic acids is 2. The molecule has 2 aromatic heterocycles. The maximum absolute atomic E-state index is 12.5. The Kier molecular flexibility index (Phi) is 4.69. The van der Waals surface area contributed by atoms with Crippen molar-refractivity contribution in [2.24, 2.45) is 0 Å². The summed E-state index contributed by atoms with van der Waals surface area (Å²) in [4.78, 5) is 49.2. The van der Waals surface area contributed by atoms with Crippen molar-refractivity contribution >= 4 is 17.5 Å². The van der Waals surface area contributed by atoms with Gasteiger partial charge >= 0.3 is 22.9 Å². The number of anilines is 1. The smallest absolute Gasteiger partial charge is 0.325 e. The molecule has 0 fully saturated rings. The summed E-state index contributed by atoms with van der Waals surface area (Å²) >= 11 is 0. The number of fused-ring (bicyclic) bond motifs is 1. The highest BCUT2D eigenvalue weighted by atomic mass is 16.2. The third kappa shape index (κ3) is 3.47. The number of aromatic nitrogens is 5. The minimum absolute atomic E-state index is 0.0717. The SMILES string of the molecule is N#Cc1cnn(-c2ccc(NC(=O)C(=O)N3CCn4c(n[nH]c(=O)c4=O)C3)cc2)c1. The van der Waals surface area contributed by atoms with E-state index in [1.165, 1.54) is 20.3 Å². The van der Waals surface area contributed by atoms with E-state index in [-0.39, 0.29) is 25.5 Å². The van der Waals surface area contributed by atoms with Crippen molar-refractivity contribution in [2.75, 3.05) is 11.9 Å². The van der Waals surface area contributed by atoms with Gasteiger partial charge in [-0.15, -0.1) is 0 Å². The van der Waals surface area contributed by atoms with Crippen LogP contribution in [0.1, 0.15) is 11.4 Å². The van der Waals surface area contributed by atoms with Crippen molar-refractivity contribution in [3.8, 4) is 11.8 Å². The van der Waals surface area contributed by atoms with E-state index in [0.717, 1.165) is 0 Å². The lowest BCUT2D eigenvalue weighted by Crippen LogP contribution is -2.49. The number of rotatable bonds is 2. The van der Waals surface area contributed by atoms with Gasteiger partial charge < -0.3 is 10.2 Å². The Balaban J connectivity index is 1.43. The molecule has 0 atom stereocenters. The lowest BCUT2D eigenvalue weighted by molar-refractivity contribution is -0.144. The number of nitrogens with one attached hydrogen (secondary N) is 2. The Morgan fingerprint density at radius 3 is 2.63 bits per heavy atom. The van der Waals surface area contributed by atoms with Gasteiger partial charge in [-0.2, -0.15) is 15.5 Å².